The molecule has 2 aromatic rings. The SMILES string of the molecule is CCc1nc(C(C)(C)C)nc2ncccc12. The summed E-state index contributed by atoms with van der Waals surface area (Å²) in [6.45, 7) is 8.48. The minimum absolute atomic E-state index is 0.0321. The molecule has 3 nitrogen and oxygen atoms in total. The molecule has 0 aliphatic carbocycles. The van der Waals surface area contributed by atoms with E-state index in [-0.39, 0.29) is 5.41 Å². The first kappa shape index (κ1) is 11.0. The van der Waals surface area contributed by atoms with Gasteiger partial charge in [-0.25, -0.2) is 15.0 Å². The first-order valence-electron chi connectivity index (χ1n) is 5.64. The third-order valence-corrected chi connectivity index (χ3v) is 2.56. The van der Waals surface area contributed by atoms with Gasteiger partial charge in [0.2, 0.25) is 0 Å². The van der Waals surface area contributed by atoms with Gasteiger partial charge in [-0.3, -0.25) is 0 Å². The van der Waals surface area contributed by atoms with Gasteiger partial charge in [-0.15, -0.1) is 0 Å². The summed E-state index contributed by atoms with van der Waals surface area (Å²) in [6.07, 6.45) is 2.69. The summed E-state index contributed by atoms with van der Waals surface area (Å²) < 4.78 is 0. The predicted octanol–water partition coefficient (Wildman–Crippen LogP) is 2.88. The standard InChI is InChI=1S/C13H17N3/c1-5-10-9-7-6-8-14-11(9)16-12(15-10)13(2,3)4/h6-8H,5H2,1-4H3. The molecule has 0 N–H and O–H groups in total. The van der Waals surface area contributed by atoms with Gasteiger partial charge in [0, 0.05) is 17.0 Å². The van der Waals surface area contributed by atoms with Crippen molar-refractivity contribution in [3.63, 3.8) is 0 Å². The zero-order chi connectivity index (χ0) is 11.8. The number of nitrogens with zero attached hydrogens (tertiary/aromatic N) is 3. The van der Waals surface area contributed by atoms with E-state index in [1.54, 1.807) is 6.20 Å². The Morgan fingerprint density at radius 3 is 2.56 bits per heavy atom. The van der Waals surface area contributed by atoms with Gasteiger partial charge in [-0.1, -0.05) is 27.7 Å². The van der Waals surface area contributed by atoms with Gasteiger partial charge in [-0.05, 0) is 18.6 Å². The molecule has 16 heavy (non-hydrogen) atoms. The van der Waals surface area contributed by atoms with Crippen LogP contribution in [0.25, 0.3) is 11.0 Å². The monoisotopic (exact) mass is 215 g/mol. The molecule has 0 unspecified atom stereocenters. The minimum atomic E-state index is -0.0321. The number of hydrogen-bond donors (Lipinski definition) is 0. The zero-order valence-electron chi connectivity index (χ0n) is 10.3. The molecule has 0 radical (unpaired) electrons. The highest BCUT2D eigenvalue weighted by Crippen LogP contribution is 2.22. The maximum atomic E-state index is 4.64. The van der Waals surface area contributed by atoms with Gasteiger partial charge in [0.25, 0.3) is 0 Å². The molecule has 0 amide bonds. The van der Waals surface area contributed by atoms with Crippen molar-refractivity contribution in [2.24, 2.45) is 0 Å². The van der Waals surface area contributed by atoms with Crippen LogP contribution >= 0.6 is 0 Å². The van der Waals surface area contributed by atoms with Gasteiger partial charge < -0.3 is 0 Å². The molecule has 0 aromatic carbocycles. The first-order chi connectivity index (χ1) is 7.52. The number of aromatic nitrogens is 3. The van der Waals surface area contributed by atoms with Crippen LogP contribution in [0.15, 0.2) is 18.3 Å². The second-order valence-corrected chi connectivity index (χ2v) is 4.97. The highest BCUT2D eigenvalue weighted by atomic mass is 15.0. The second-order valence-electron chi connectivity index (χ2n) is 4.97. The molecular formula is C13H17N3. The molecule has 0 aliphatic rings. The number of rotatable bonds is 1. The zero-order valence-corrected chi connectivity index (χ0v) is 10.3. The predicted molar refractivity (Wildman–Crippen MR) is 65.4 cm³/mol. The topological polar surface area (TPSA) is 38.7 Å². The normalized spacial score (nSPS) is 12.0. The molecule has 0 aliphatic heterocycles. The Morgan fingerprint density at radius 1 is 1.19 bits per heavy atom. The third-order valence-electron chi connectivity index (χ3n) is 2.56. The van der Waals surface area contributed by atoms with Gasteiger partial charge in [0.1, 0.15) is 5.82 Å². The average Bonchev–Trinajstić information content (AvgIpc) is 2.26. The smallest absolute Gasteiger partial charge is 0.163 e. The number of pyridine rings is 1. The highest BCUT2D eigenvalue weighted by Gasteiger charge is 2.19. The summed E-state index contributed by atoms with van der Waals surface area (Å²) in [6, 6.07) is 3.97. The van der Waals surface area contributed by atoms with E-state index < -0.39 is 0 Å². The molecule has 0 fully saturated rings. The van der Waals surface area contributed by atoms with Crippen molar-refractivity contribution >= 4 is 11.0 Å². The fourth-order valence-corrected chi connectivity index (χ4v) is 1.63. The van der Waals surface area contributed by atoms with E-state index >= 15 is 0 Å². The van der Waals surface area contributed by atoms with Crippen LogP contribution < -0.4 is 0 Å². The summed E-state index contributed by atoms with van der Waals surface area (Å²) in [5.41, 5.74) is 1.86. The molecule has 3 heteroatoms. The van der Waals surface area contributed by atoms with Crippen LogP contribution in [0.2, 0.25) is 0 Å². The van der Waals surface area contributed by atoms with Crippen molar-refractivity contribution in [3.8, 4) is 0 Å². The summed E-state index contributed by atoms with van der Waals surface area (Å²) in [7, 11) is 0. The van der Waals surface area contributed by atoms with Crippen LogP contribution in [0, 0.1) is 0 Å². The Hall–Kier alpha value is -1.51. The lowest BCUT2D eigenvalue weighted by Gasteiger charge is -2.17. The average molecular weight is 215 g/mol. The fourth-order valence-electron chi connectivity index (χ4n) is 1.63. The quantitative estimate of drug-likeness (QED) is 0.734. The first-order valence-corrected chi connectivity index (χ1v) is 5.64. The Labute approximate surface area is 96.0 Å². The summed E-state index contributed by atoms with van der Waals surface area (Å²) in [5.74, 6) is 0.871. The minimum Gasteiger partial charge on any atom is -0.237 e. The largest absolute Gasteiger partial charge is 0.237 e. The molecule has 2 heterocycles. The summed E-state index contributed by atoms with van der Waals surface area (Å²) in [5, 5.41) is 1.07. The van der Waals surface area contributed by atoms with E-state index in [0.29, 0.717) is 0 Å². The van der Waals surface area contributed by atoms with E-state index in [9.17, 15) is 0 Å². The molecule has 2 rings (SSSR count). The van der Waals surface area contributed by atoms with E-state index in [0.717, 1.165) is 29.0 Å². The highest BCUT2D eigenvalue weighted by molar-refractivity contribution is 5.77. The third kappa shape index (κ3) is 1.90. The second kappa shape index (κ2) is 3.81. The molecule has 0 saturated carbocycles. The van der Waals surface area contributed by atoms with Crippen LogP contribution in [0.3, 0.4) is 0 Å². The Morgan fingerprint density at radius 2 is 1.94 bits per heavy atom. The van der Waals surface area contributed by atoms with Crippen molar-refractivity contribution < 1.29 is 0 Å². The van der Waals surface area contributed by atoms with Gasteiger partial charge in [-0.2, -0.15) is 0 Å². The van der Waals surface area contributed by atoms with Crippen LogP contribution in [0.1, 0.15) is 39.2 Å². The molecule has 0 bridgehead atoms. The molecule has 0 atom stereocenters. The fraction of sp³-hybridized carbons (Fsp3) is 0.462. The lowest BCUT2D eigenvalue weighted by atomic mass is 9.95. The molecule has 2 aromatic heterocycles. The van der Waals surface area contributed by atoms with Gasteiger partial charge >= 0.3 is 0 Å². The van der Waals surface area contributed by atoms with Crippen LogP contribution in [0.5, 0.6) is 0 Å². The van der Waals surface area contributed by atoms with Crippen LogP contribution in [-0.4, -0.2) is 15.0 Å². The lowest BCUT2D eigenvalue weighted by Crippen LogP contribution is -2.17. The van der Waals surface area contributed by atoms with Crippen LogP contribution in [-0.2, 0) is 11.8 Å². The molecule has 0 spiro atoms. The van der Waals surface area contributed by atoms with E-state index in [1.807, 2.05) is 12.1 Å². The van der Waals surface area contributed by atoms with Gasteiger partial charge in [0.05, 0.1) is 5.69 Å². The Bertz CT molecular complexity index is 512. The van der Waals surface area contributed by atoms with Crippen molar-refractivity contribution in [1.82, 2.24) is 15.0 Å². The van der Waals surface area contributed by atoms with E-state index in [4.69, 9.17) is 0 Å². The van der Waals surface area contributed by atoms with E-state index in [2.05, 4.69) is 42.6 Å². The molecule has 84 valence electrons. The summed E-state index contributed by atoms with van der Waals surface area (Å²) in [4.78, 5) is 13.5. The Kier molecular flexibility index (Phi) is 2.62. The molecular weight excluding hydrogens is 198 g/mol. The van der Waals surface area contributed by atoms with Crippen molar-refractivity contribution in [3.05, 3.63) is 29.8 Å². The number of aryl methyl sites for hydroxylation is 1. The van der Waals surface area contributed by atoms with Gasteiger partial charge in [0.15, 0.2) is 5.65 Å². The van der Waals surface area contributed by atoms with E-state index in [1.165, 1.54) is 0 Å². The lowest BCUT2D eigenvalue weighted by molar-refractivity contribution is 0.544. The number of hydrogen-bond acceptors (Lipinski definition) is 3. The maximum absolute atomic E-state index is 4.64. The van der Waals surface area contributed by atoms with Crippen LogP contribution in [0.4, 0.5) is 0 Å². The molecule has 0 saturated heterocycles. The Balaban J connectivity index is 2.73. The van der Waals surface area contributed by atoms with Crippen molar-refractivity contribution in [2.45, 2.75) is 39.5 Å². The number of fused-ring (bicyclic) bond motifs is 1. The summed E-state index contributed by atoms with van der Waals surface area (Å²) >= 11 is 0. The van der Waals surface area contributed by atoms with Crippen molar-refractivity contribution in [1.29, 1.82) is 0 Å². The van der Waals surface area contributed by atoms with Crippen molar-refractivity contribution in [2.75, 3.05) is 0 Å². The maximum Gasteiger partial charge on any atom is 0.163 e.